The molecule has 5 nitrogen and oxygen atoms in total. The van der Waals surface area contributed by atoms with Gasteiger partial charge in [0.15, 0.2) is 11.5 Å². The smallest absolute Gasteiger partial charge is 0.335 e. The Morgan fingerprint density at radius 2 is 1.67 bits per heavy atom. The predicted molar refractivity (Wildman–Crippen MR) is 97.2 cm³/mol. The van der Waals surface area contributed by atoms with Crippen LogP contribution in [0.1, 0.15) is 21.5 Å². The number of methoxy groups -OCH3 is 3. The van der Waals surface area contributed by atoms with Gasteiger partial charge in [0.05, 0.1) is 26.9 Å². The molecular weight excluding hydrogens is 358 g/mol. The summed E-state index contributed by atoms with van der Waals surface area (Å²) in [6, 6.07) is 8.79. The summed E-state index contributed by atoms with van der Waals surface area (Å²) < 4.78 is 44.4. The summed E-state index contributed by atoms with van der Waals surface area (Å²) in [5.41, 5.74) is 0.346. The van der Waals surface area contributed by atoms with Gasteiger partial charge in [-0.05, 0) is 35.4 Å². The number of hydrogen-bond acceptors (Lipinski definition) is 4. The van der Waals surface area contributed by atoms with E-state index in [0.717, 1.165) is 6.08 Å². The molecule has 0 atom stereocenters. The molecular formula is C20H20F2O5. The highest BCUT2D eigenvalue weighted by molar-refractivity contribution is 5.89. The highest BCUT2D eigenvalue weighted by Crippen LogP contribution is 2.38. The Labute approximate surface area is 155 Å². The van der Waals surface area contributed by atoms with Gasteiger partial charge in [0, 0.05) is 6.42 Å². The summed E-state index contributed by atoms with van der Waals surface area (Å²) in [4.78, 5) is 11.2. The second-order valence-electron chi connectivity index (χ2n) is 5.69. The van der Waals surface area contributed by atoms with Crippen LogP contribution in [0.25, 0.3) is 6.08 Å². The van der Waals surface area contributed by atoms with Gasteiger partial charge in [0.2, 0.25) is 5.75 Å². The second kappa shape index (κ2) is 8.53. The first-order chi connectivity index (χ1) is 12.8. The van der Waals surface area contributed by atoms with E-state index < -0.39 is 18.3 Å². The first kappa shape index (κ1) is 20.2. The minimum atomic E-state index is -3.24. The number of carboxylic acids is 1. The lowest BCUT2D eigenvalue weighted by atomic mass is 10.0. The Bertz CT molecular complexity index is 821. The number of aromatic carboxylic acids is 1. The number of halogens is 2. The predicted octanol–water partition coefficient (Wildman–Crippen LogP) is 4.30. The Morgan fingerprint density at radius 3 is 2.19 bits per heavy atom. The number of carbonyl (C=O) groups is 1. The summed E-state index contributed by atoms with van der Waals surface area (Å²) in [6.07, 6.45) is 1.23. The lowest BCUT2D eigenvalue weighted by molar-refractivity contribution is 0.0557. The van der Waals surface area contributed by atoms with Crippen molar-refractivity contribution in [2.75, 3.05) is 21.3 Å². The van der Waals surface area contributed by atoms with Crippen LogP contribution in [0.2, 0.25) is 0 Å². The number of hydrogen-bond donors (Lipinski definition) is 1. The summed E-state index contributed by atoms with van der Waals surface area (Å²) in [5.74, 6) is -3.44. The first-order valence-electron chi connectivity index (χ1n) is 7.99. The number of rotatable bonds is 8. The van der Waals surface area contributed by atoms with E-state index in [0.29, 0.717) is 22.8 Å². The fourth-order valence-corrected chi connectivity index (χ4v) is 2.61. The molecule has 0 fully saturated rings. The molecule has 0 heterocycles. The van der Waals surface area contributed by atoms with Crippen LogP contribution in [0.3, 0.4) is 0 Å². The zero-order chi connectivity index (χ0) is 20.0. The van der Waals surface area contributed by atoms with Crippen LogP contribution in [-0.2, 0) is 6.42 Å². The van der Waals surface area contributed by atoms with Gasteiger partial charge in [-0.1, -0.05) is 24.3 Å². The number of alkyl halides is 2. The van der Waals surface area contributed by atoms with Crippen LogP contribution in [-0.4, -0.2) is 38.3 Å². The van der Waals surface area contributed by atoms with Crippen molar-refractivity contribution in [3.05, 3.63) is 59.2 Å². The van der Waals surface area contributed by atoms with Crippen molar-refractivity contribution in [3.63, 3.8) is 0 Å². The Morgan fingerprint density at radius 1 is 1.07 bits per heavy atom. The molecule has 27 heavy (non-hydrogen) atoms. The first-order valence-corrected chi connectivity index (χ1v) is 7.99. The number of carboxylic acid groups (broad SMARTS) is 1. The fraction of sp³-hybridized carbons (Fsp3) is 0.250. The SMILES string of the molecule is COc1cc(/C=C/C(F)(F)Cc2ccccc2C(=O)O)cc(OC)c1OC. The fourth-order valence-electron chi connectivity index (χ4n) is 2.61. The van der Waals surface area contributed by atoms with Crippen molar-refractivity contribution in [1.82, 2.24) is 0 Å². The summed E-state index contributed by atoms with van der Waals surface area (Å²) in [6.45, 7) is 0. The molecule has 2 aromatic carbocycles. The van der Waals surface area contributed by atoms with Gasteiger partial charge < -0.3 is 19.3 Å². The van der Waals surface area contributed by atoms with Crippen LogP contribution in [0.5, 0.6) is 17.2 Å². The van der Waals surface area contributed by atoms with E-state index in [9.17, 15) is 13.6 Å². The molecule has 0 radical (unpaired) electrons. The third kappa shape index (κ3) is 4.97. The van der Waals surface area contributed by atoms with E-state index in [4.69, 9.17) is 19.3 Å². The largest absolute Gasteiger partial charge is 0.493 e. The molecule has 144 valence electrons. The van der Waals surface area contributed by atoms with Gasteiger partial charge in [-0.2, -0.15) is 0 Å². The maximum atomic E-state index is 14.4. The minimum Gasteiger partial charge on any atom is -0.493 e. The normalized spacial score (nSPS) is 11.4. The third-order valence-electron chi connectivity index (χ3n) is 3.88. The van der Waals surface area contributed by atoms with Crippen LogP contribution >= 0.6 is 0 Å². The van der Waals surface area contributed by atoms with E-state index in [1.54, 1.807) is 12.1 Å². The van der Waals surface area contributed by atoms with Gasteiger partial charge in [-0.3, -0.25) is 0 Å². The molecule has 0 saturated heterocycles. The topological polar surface area (TPSA) is 65.0 Å². The van der Waals surface area contributed by atoms with E-state index in [2.05, 4.69) is 0 Å². The van der Waals surface area contributed by atoms with E-state index >= 15 is 0 Å². The summed E-state index contributed by atoms with van der Waals surface area (Å²) in [7, 11) is 4.31. The van der Waals surface area contributed by atoms with Crippen LogP contribution in [0.4, 0.5) is 8.78 Å². The van der Waals surface area contributed by atoms with Crippen molar-refractivity contribution >= 4 is 12.0 Å². The molecule has 1 N–H and O–H groups in total. The van der Waals surface area contributed by atoms with Crippen LogP contribution in [0.15, 0.2) is 42.5 Å². The standard InChI is InChI=1S/C20H20F2O5/c1-25-16-10-13(11-17(26-2)18(16)27-3)8-9-20(21,22)12-14-6-4-5-7-15(14)19(23)24/h4-11H,12H2,1-3H3,(H,23,24)/b9-8+. The maximum Gasteiger partial charge on any atom is 0.335 e. The molecule has 0 aliphatic rings. The molecule has 0 saturated carbocycles. The van der Waals surface area contributed by atoms with Crippen molar-refractivity contribution in [1.29, 1.82) is 0 Å². The molecule has 2 rings (SSSR count). The average Bonchev–Trinajstić information content (AvgIpc) is 2.65. The lowest BCUT2D eigenvalue weighted by Crippen LogP contribution is -2.18. The lowest BCUT2D eigenvalue weighted by Gasteiger charge is -2.15. The highest BCUT2D eigenvalue weighted by atomic mass is 19.3. The van der Waals surface area contributed by atoms with Crippen molar-refractivity contribution in [3.8, 4) is 17.2 Å². The van der Waals surface area contributed by atoms with Gasteiger partial charge in [0.25, 0.3) is 5.92 Å². The minimum absolute atomic E-state index is 0.0598. The van der Waals surface area contributed by atoms with E-state index in [1.807, 2.05) is 0 Å². The quantitative estimate of drug-likeness (QED) is 0.742. The molecule has 0 aliphatic heterocycles. The second-order valence-corrected chi connectivity index (χ2v) is 5.69. The maximum absolute atomic E-state index is 14.4. The Hall–Kier alpha value is -3.09. The van der Waals surface area contributed by atoms with Gasteiger partial charge in [-0.15, -0.1) is 0 Å². The van der Waals surface area contributed by atoms with Gasteiger partial charge in [-0.25, -0.2) is 13.6 Å². The van der Waals surface area contributed by atoms with Crippen LogP contribution < -0.4 is 14.2 Å². The van der Waals surface area contributed by atoms with Gasteiger partial charge in [0.1, 0.15) is 0 Å². The van der Waals surface area contributed by atoms with Crippen molar-refractivity contribution in [2.45, 2.75) is 12.3 Å². The Balaban J connectivity index is 2.30. The molecule has 0 bridgehead atoms. The molecule has 0 aromatic heterocycles. The average molecular weight is 378 g/mol. The summed E-state index contributed by atoms with van der Waals surface area (Å²) >= 11 is 0. The van der Waals surface area contributed by atoms with E-state index in [1.165, 1.54) is 51.7 Å². The number of benzene rings is 2. The van der Waals surface area contributed by atoms with Crippen molar-refractivity contribution in [2.24, 2.45) is 0 Å². The number of ether oxygens (including phenoxy) is 3. The van der Waals surface area contributed by atoms with Crippen LogP contribution in [0, 0.1) is 0 Å². The van der Waals surface area contributed by atoms with Crippen molar-refractivity contribution < 1.29 is 32.9 Å². The molecule has 0 amide bonds. The molecule has 0 aliphatic carbocycles. The highest BCUT2D eigenvalue weighted by Gasteiger charge is 2.28. The molecule has 2 aromatic rings. The molecule has 0 unspecified atom stereocenters. The Kier molecular flexibility index (Phi) is 6.39. The monoisotopic (exact) mass is 378 g/mol. The molecule has 0 spiro atoms. The van der Waals surface area contributed by atoms with E-state index in [-0.39, 0.29) is 11.1 Å². The summed E-state index contributed by atoms with van der Waals surface area (Å²) in [5, 5.41) is 9.13. The zero-order valence-electron chi connectivity index (χ0n) is 15.2. The third-order valence-corrected chi connectivity index (χ3v) is 3.88. The molecule has 7 heteroatoms. The van der Waals surface area contributed by atoms with Gasteiger partial charge >= 0.3 is 5.97 Å². The number of allylic oxidation sites excluding steroid dienone is 1. The zero-order valence-corrected chi connectivity index (χ0v) is 15.2.